The lowest BCUT2D eigenvalue weighted by Gasteiger charge is -2.20. The number of ether oxygens (including phenoxy) is 1. The Morgan fingerprint density at radius 1 is 1.57 bits per heavy atom. The SMILES string of the molecule is CO/C(CC1N=CC=CC1C)=C(/C)Br. The van der Waals surface area contributed by atoms with Crippen molar-refractivity contribution in [2.45, 2.75) is 26.3 Å². The van der Waals surface area contributed by atoms with Gasteiger partial charge in [0.15, 0.2) is 0 Å². The van der Waals surface area contributed by atoms with E-state index < -0.39 is 0 Å². The molecule has 0 amide bonds. The average Bonchev–Trinajstić information content (AvgIpc) is 2.16. The average molecular weight is 258 g/mol. The van der Waals surface area contributed by atoms with Crippen molar-refractivity contribution in [1.29, 1.82) is 0 Å². The molecular formula is C11H16BrNO. The maximum absolute atomic E-state index is 5.30. The largest absolute Gasteiger partial charge is 0.500 e. The van der Waals surface area contributed by atoms with Gasteiger partial charge in [-0.05, 0) is 18.9 Å². The van der Waals surface area contributed by atoms with E-state index in [1.165, 1.54) is 0 Å². The van der Waals surface area contributed by atoms with Crippen LogP contribution in [0.1, 0.15) is 20.3 Å². The molecule has 2 atom stereocenters. The minimum absolute atomic E-state index is 0.308. The Hall–Kier alpha value is -0.570. The number of hydrogen-bond donors (Lipinski definition) is 0. The third kappa shape index (κ3) is 2.98. The molecule has 0 saturated carbocycles. The Labute approximate surface area is 93.9 Å². The summed E-state index contributed by atoms with van der Waals surface area (Å²) in [4.78, 5) is 4.43. The maximum Gasteiger partial charge on any atom is 0.107 e. The molecule has 0 fully saturated rings. The molecule has 2 nitrogen and oxygen atoms in total. The van der Waals surface area contributed by atoms with Gasteiger partial charge in [0.2, 0.25) is 0 Å². The maximum atomic E-state index is 5.30. The first-order chi connectivity index (χ1) is 6.65. The zero-order chi connectivity index (χ0) is 10.6. The zero-order valence-corrected chi connectivity index (χ0v) is 10.4. The Balaban J connectivity index is 2.64. The molecule has 0 aromatic rings. The second-order valence-electron chi connectivity index (χ2n) is 3.47. The van der Waals surface area contributed by atoms with E-state index in [4.69, 9.17) is 4.74 Å². The van der Waals surface area contributed by atoms with Crippen molar-refractivity contribution in [2.24, 2.45) is 10.9 Å². The van der Waals surface area contributed by atoms with Crippen LogP contribution in [-0.4, -0.2) is 19.4 Å². The molecule has 1 aliphatic rings. The molecule has 0 aromatic heterocycles. The molecule has 1 rings (SSSR count). The first-order valence-corrected chi connectivity index (χ1v) is 5.53. The topological polar surface area (TPSA) is 21.6 Å². The molecule has 0 N–H and O–H groups in total. The summed E-state index contributed by atoms with van der Waals surface area (Å²) in [7, 11) is 1.70. The lowest BCUT2D eigenvalue weighted by molar-refractivity contribution is 0.263. The van der Waals surface area contributed by atoms with E-state index >= 15 is 0 Å². The van der Waals surface area contributed by atoms with Crippen molar-refractivity contribution < 1.29 is 4.74 Å². The first kappa shape index (κ1) is 11.5. The van der Waals surface area contributed by atoms with E-state index in [0.29, 0.717) is 12.0 Å². The Morgan fingerprint density at radius 3 is 2.79 bits per heavy atom. The van der Waals surface area contributed by atoms with Gasteiger partial charge in [-0.2, -0.15) is 0 Å². The Morgan fingerprint density at radius 2 is 2.29 bits per heavy atom. The molecule has 0 radical (unpaired) electrons. The Bertz CT molecular complexity index is 277. The number of halogens is 1. The van der Waals surface area contributed by atoms with E-state index in [1.807, 2.05) is 19.2 Å². The number of methoxy groups -OCH3 is 1. The van der Waals surface area contributed by atoms with Crippen molar-refractivity contribution in [3.05, 3.63) is 22.4 Å². The summed E-state index contributed by atoms with van der Waals surface area (Å²) in [5.41, 5.74) is 0. The van der Waals surface area contributed by atoms with Crippen LogP contribution < -0.4 is 0 Å². The molecule has 0 spiro atoms. The quantitative estimate of drug-likeness (QED) is 0.712. The monoisotopic (exact) mass is 257 g/mol. The fourth-order valence-corrected chi connectivity index (χ4v) is 1.77. The molecule has 0 aliphatic carbocycles. The van der Waals surface area contributed by atoms with Gasteiger partial charge < -0.3 is 4.74 Å². The lowest BCUT2D eigenvalue weighted by Crippen LogP contribution is -2.18. The fraction of sp³-hybridized carbons (Fsp3) is 0.545. The van der Waals surface area contributed by atoms with E-state index in [-0.39, 0.29) is 0 Å². The molecule has 14 heavy (non-hydrogen) atoms. The van der Waals surface area contributed by atoms with Gasteiger partial charge >= 0.3 is 0 Å². The van der Waals surface area contributed by atoms with Gasteiger partial charge in [0, 0.05) is 17.1 Å². The summed E-state index contributed by atoms with van der Waals surface area (Å²) in [6, 6.07) is 0.308. The highest BCUT2D eigenvalue weighted by molar-refractivity contribution is 9.11. The number of nitrogens with zero attached hydrogens (tertiary/aromatic N) is 1. The summed E-state index contributed by atoms with van der Waals surface area (Å²) in [5.74, 6) is 1.46. The number of rotatable bonds is 3. The van der Waals surface area contributed by atoms with Crippen LogP contribution in [0.5, 0.6) is 0 Å². The van der Waals surface area contributed by atoms with Crippen LogP contribution in [0.25, 0.3) is 0 Å². The van der Waals surface area contributed by atoms with Crippen molar-refractivity contribution in [1.82, 2.24) is 0 Å². The number of hydrogen-bond acceptors (Lipinski definition) is 2. The van der Waals surface area contributed by atoms with Gasteiger partial charge in [0.05, 0.1) is 13.2 Å². The van der Waals surface area contributed by atoms with Crippen molar-refractivity contribution in [3.8, 4) is 0 Å². The second-order valence-corrected chi connectivity index (χ2v) is 4.66. The van der Waals surface area contributed by atoms with Crippen LogP contribution in [0.4, 0.5) is 0 Å². The summed E-state index contributed by atoms with van der Waals surface area (Å²) in [6.07, 6.45) is 6.89. The van der Waals surface area contributed by atoms with E-state index in [2.05, 4.69) is 33.9 Å². The number of dihydropyridines is 1. The number of aliphatic imine (C=N–C) groups is 1. The predicted octanol–water partition coefficient (Wildman–Crippen LogP) is 3.29. The van der Waals surface area contributed by atoms with Gasteiger partial charge in [-0.25, -0.2) is 0 Å². The van der Waals surface area contributed by atoms with Crippen LogP contribution in [0.3, 0.4) is 0 Å². The summed E-state index contributed by atoms with van der Waals surface area (Å²) >= 11 is 3.43. The highest BCUT2D eigenvalue weighted by Gasteiger charge is 2.18. The third-order valence-electron chi connectivity index (χ3n) is 2.41. The molecular weight excluding hydrogens is 242 g/mol. The lowest BCUT2D eigenvalue weighted by atomic mass is 9.96. The predicted molar refractivity (Wildman–Crippen MR) is 63.8 cm³/mol. The van der Waals surface area contributed by atoms with Crippen molar-refractivity contribution in [3.63, 3.8) is 0 Å². The molecule has 0 saturated heterocycles. The summed E-state index contributed by atoms with van der Waals surface area (Å²) < 4.78 is 6.35. The summed E-state index contributed by atoms with van der Waals surface area (Å²) in [5, 5.41) is 0. The highest BCUT2D eigenvalue weighted by Crippen LogP contribution is 2.23. The normalized spacial score (nSPS) is 27.4. The van der Waals surface area contributed by atoms with Crippen LogP contribution in [0.2, 0.25) is 0 Å². The first-order valence-electron chi connectivity index (χ1n) is 4.74. The second kappa shape index (κ2) is 5.35. The van der Waals surface area contributed by atoms with E-state index in [0.717, 1.165) is 16.7 Å². The molecule has 1 aliphatic heterocycles. The minimum atomic E-state index is 0.308. The Kier molecular flexibility index (Phi) is 4.39. The standard InChI is InChI=1S/C11H16BrNO/c1-8-5-4-6-13-10(8)7-11(14-3)9(2)12/h4-6,8,10H,7H2,1-3H3/b11-9-. The van der Waals surface area contributed by atoms with Gasteiger partial charge in [0.1, 0.15) is 5.76 Å². The van der Waals surface area contributed by atoms with Gasteiger partial charge in [-0.3, -0.25) is 4.99 Å². The van der Waals surface area contributed by atoms with Crippen molar-refractivity contribution in [2.75, 3.05) is 7.11 Å². The molecule has 1 heterocycles. The van der Waals surface area contributed by atoms with Crippen LogP contribution in [0.15, 0.2) is 27.4 Å². The zero-order valence-electron chi connectivity index (χ0n) is 8.83. The van der Waals surface area contributed by atoms with Crippen molar-refractivity contribution >= 4 is 22.1 Å². The molecule has 3 heteroatoms. The highest BCUT2D eigenvalue weighted by atomic mass is 79.9. The summed E-state index contributed by atoms with van der Waals surface area (Å²) in [6.45, 7) is 4.17. The molecule has 0 bridgehead atoms. The van der Waals surface area contributed by atoms with Gasteiger partial charge in [-0.15, -0.1) is 0 Å². The molecule has 0 aromatic carbocycles. The fourth-order valence-electron chi connectivity index (χ4n) is 1.44. The van der Waals surface area contributed by atoms with Crippen LogP contribution in [0, 0.1) is 5.92 Å². The van der Waals surface area contributed by atoms with Crippen LogP contribution >= 0.6 is 15.9 Å². The third-order valence-corrected chi connectivity index (χ3v) is 2.85. The molecule has 2 unspecified atom stereocenters. The minimum Gasteiger partial charge on any atom is -0.500 e. The molecule has 78 valence electrons. The smallest absolute Gasteiger partial charge is 0.107 e. The van der Waals surface area contributed by atoms with E-state index in [9.17, 15) is 0 Å². The van der Waals surface area contributed by atoms with E-state index in [1.54, 1.807) is 7.11 Å². The number of allylic oxidation sites excluding steroid dienone is 2. The van der Waals surface area contributed by atoms with Crippen LogP contribution in [-0.2, 0) is 4.74 Å². The van der Waals surface area contributed by atoms with Gasteiger partial charge in [-0.1, -0.05) is 28.9 Å². The van der Waals surface area contributed by atoms with Gasteiger partial charge in [0.25, 0.3) is 0 Å².